The molecule has 2 aromatic rings. The number of aliphatic hydroxyl groups is 1. The Bertz CT molecular complexity index is 567. The highest BCUT2D eigenvalue weighted by molar-refractivity contribution is 7.98. The van der Waals surface area contributed by atoms with Crippen molar-refractivity contribution in [3.63, 3.8) is 0 Å². The van der Waals surface area contributed by atoms with Crippen LogP contribution in [0.4, 0.5) is 0 Å². The Hall–Kier alpha value is -0.550. The van der Waals surface area contributed by atoms with Gasteiger partial charge in [0.05, 0.1) is 22.4 Å². The van der Waals surface area contributed by atoms with Gasteiger partial charge in [0.1, 0.15) is 5.01 Å². The number of hydrogen-bond donors (Lipinski definition) is 1. The topological polar surface area (TPSA) is 33.1 Å². The fraction of sp³-hybridized carbons (Fsp3) is 0.357. The van der Waals surface area contributed by atoms with Gasteiger partial charge in [-0.15, -0.1) is 23.1 Å². The van der Waals surface area contributed by atoms with Crippen molar-refractivity contribution in [1.82, 2.24) is 4.98 Å². The molecule has 1 aliphatic carbocycles. The summed E-state index contributed by atoms with van der Waals surface area (Å²) in [5, 5.41) is 11.8. The summed E-state index contributed by atoms with van der Waals surface area (Å²) in [7, 11) is 0. The normalized spacial score (nSPS) is 18.3. The largest absolute Gasteiger partial charge is 0.388 e. The lowest BCUT2D eigenvalue weighted by Crippen LogP contribution is -2.06. The zero-order valence-corrected chi connectivity index (χ0v) is 12.7. The minimum atomic E-state index is -0.296. The van der Waals surface area contributed by atoms with Crippen molar-refractivity contribution in [3.8, 4) is 0 Å². The number of nitrogens with zero attached hydrogens (tertiary/aromatic N) is 1. The highest BCUT2D eigenvalue weighted by atomic mass is 35.5. The summed E-state index contributed by atoms with van der Waals surface area (Å²) >= 11 is 9.28. The first-order valence-electron chi connectivity index (χ1n) is 6.27. The molecule has 0 fully saturated rings. The Morgan fingerprint density at radius 2 is 2.16 bits per heavy atom. The van der Waals surface area contributed by atoms with E-state index in [-0.39, 0.29) is 6.10 Å². The van der Waals surface area contributed by atoms with Crippen molar-refractivity contribution in [1.29, 1.82) is 0 Å². The van der Waals surface area contributed by atoms with Gasteiger partial charge in [-0.25, -0.2) is 4.98 Å². The lowest BCUT2D eigenvalue weighted by molar-refractivity contribution is 0.160. The van der Waals surface area contributed by atoms with Crippen molar-refractivity contribution < 1.29 is 5.11 Å². The maximum absolute atomic E-state index is 9.94. The number of aryl methyl sites for hydroxylation is 1. The first-order valence-corrected chi connectivity index (χ1v) is 8.45. The Balaban J connectivity index is 1.69. The van der Waals surface area contributed by atoms with Crippen LogP contribution >= 0.6 is 34.7 Å². The number of hydrogen-bond acceptors (Lipinski definition) is 4. The molecule has 1 aromatic carbocycles. The predicted molar refractivity (Wildman–Crippen MR) is 81.0 cm³/mol. The molecule has 19 heavy (non-hydrogen) atoms. The third kappa shape index (κ3) is 3.14. The number of halogens is 1. The second-order valence-corrected chi connectivity index (χ2v) is 7.17. The number of benzene rings is 1. The number of aromatic nitrogens is 1. The van der Waals surface area contributed by atoms with Crippen molar-refractivity contribution >= 4 is 34.7 Å². The zero-order valence-electron chi connectivity index (χ0n) is 10.3. The Labute approximate surface area is 125 Å². The van der Waals surface area contributed by atoms with Crippen molar-refractivity contribution in [2.75, 3.05) is 0 Å². The minimum Gasteiger partial charge on any atom is -0.388 e. The molecule has 2 nitrogen and oxygen atoms in total. The molecule has 3 rings (SSSR count). The molecule has 5 heteroatoms. The van der Waals surface area contributed by atoms with E-state index in [1.807, 2.05) is 24.3 Å². The van der Waals surface area contributed by atoms with E-state index >= 15 is 0 Å². The number of aliphatic hydroxyl groups excluding tert-OH is 1. The second-order valence-electron chi connectivity index (χ2n) is 4.57. The molecule has 0 amide bonds. The number of thioether (sulfide) groups is 1. The van der Waals surface area contributed by atoms with Crippen LogP contribution in [-0.4, -0.2) is 10.1 Å². The quantitative estimate of drug-likeness (QED) is 0.850. The van der Waals surface area contributed by atoms with Gasteiger partial charge < -0.3 is 5.11 Å². The summed E-state index contributed by atoms with van der Waals surface area (Å²) in [4.78, 5) is 6.92. The SMILES string of the molecule is OC1CCCc2nc(CSc3ccc(Cl)cc3)sc21. The van der Waals surface area contributed by atoms with E-state index < -0.39 is 0 Å². The third-order valence-corrected chi connectivity index (χ3v) is 5.80. The Kier molecular flexibility index (Phi) is 4.12. The maximum atomic E-state index is 9.94. The summed E-state index contributed by atoms with van der Waals surface area (Å²) in [6, 6.07) is 7.85. The molecule has 1 heterocycles. The molecule has 0 saturated heterocycles. The van der Waals surface area contributed by atoms with Crippen LogP contribution in [0.5, 0.6) is 0 Å². The molecule has 0 radical (unpaired) electrons. The molecule has 1 unspecified atom stereocenters. The average Bonchev–Trinajstić information content (AvgIpc) is 2.83. The van der Waals surface area contributed by atoms with Crippen LogP contribution < -0.4 is 0 Å². The Morgan fingerprint density at radius 3 is 2.89 bits per heavy atom. The first kappa shape index (κ1) is 13.4. The van der Waals surface area contributed by atoms with E-state index in [0.29, 0.717) is 0 Å². The maximum Gasteiger partial charge on any atom is 0.103 e. The van der Waals surface area contributed by atoms with Gasteiger partial charge in [0.2, 0.25) is 0 Å². The predicted octanol–water partition coefficient (Wildman–Crippen LogP) is 4.46. The number of fused-ring (bicyclic) bond motifs is 1. The van der Waals surface area contributed by atoms with Gasteiger partial charge in [0, 0.05) is 9.92 Å². The summed E-state index contributed by atoms with van der Waals surface area (Å²) < 4.78 is 0. The molecule has 0 bridgehead atoms. The van der Waals surface area contributed by atoms with Crippen molar-refractivity contribution in [2.45, 2.75) is 36.0 Å². The molecule has 1 aromatic heterocycles. The summed E-state index contributed by atoms with van der Waals surface area (Å²) in [5.41, 5.74) is 1.11. The first-order chi connectivity index (χ1) is 9.22. The van der Waals surface area contributed by atoms with Gasteiger partial charge in [-0.1, -0.05) is 11.6 Å². The molecule has 0 aliphatic heterocycles. The van der Waals surface area contributed by atoms with Crippen LogP contribution in [0, 0.1) is 0 Å². The average molecular weight is 312 g/mol. The van der Waals surface area contributed by atoms with E-state index in [1.54, 1.807) is 23.1 Å². The van der Waals surface area contributed by atoms with E-state index in [2.05, 4.69) is 4.98 Å². The Morgan fingerprint density at radius 1 is 1.37 bits per heavy atom. The van der Waals surface area contributed by atoms with Crippen LogP contribution in [0.25, 0.3) is 0 Å². The van der Waals surface area contributed by atoms with Crippen LogP contribution in [0.3, 0.4) is 0 Å². The van der Waals surface area contributed by atoms with Crippen LogP contribution in [0.15, 0.2) is 29.2 Å². The molecule has 1 N–H and O–H groups in total. The molecule has 0 saturated carbocycles. The number of rotatable bonds is 3. The fourth-order valence-corrected chi connectivity index (χ4v) is 4.34. The highest BCUT2D eigenvalue weighted by Gasteiger charge is 2.22. The van der Waals surface area contributed by atoms with E-state index in [9.17, 15) is 5.11 Å². The zero-order chi connectivity index (χ0) is 13.2. The summed E-state index contributed by atoms with van der Waals surface area (Å²) in [5.74, 6) is 0.853. The van der Waals surface area contributed by atoms with Crippen LogP contribution in [0.1, 0.15) is 34.5 Å². The van der Waals surface area contributed by atoms with Crippen molar-refractivity contribution in [3.05, 3.63) is 44.9 Å². The smallest absolute Gasteiger partial charge is 0.103 e. The third-order valence-electron chi connectivity index (χ3n) is 3.14. The van der Waals surface area contributed by atoms with Gasteiger partial charge in [0.25, 0.3) is 0 Å². The van der Waals surface area contributed by atoms with Gasteiger partial charge in [0.15, 0.2) is 0 Å². The molecular weight excluding hydrogens is 298 g/mol. The monoisotopic (exact) mass is 311 g/mol. The molecular formula is C14H14ClNOS2. The molecule has 0 spiro atoms. The lowest BCUT2D eigenvalue weighted by Gasteiger charge is -2.14. The number of thiazole rings is 1. The van der Waals surface area contributed by atoms with Crippen LogP contribution in [-0.2, 0) is 12.2 Å². The van der Waals surface area contributed by atoms with Gasteiger partial charge >= 0.3 is 0 Å². The highest BCUT2D eigenvalue weighted by Crippen LogP contribution is 2.36. The molecule has 100 valence electrons. The summed E-state index contributed by atoms with van der Waals surface area (Å²) in [6.07, 6.45) is 2.63. The van der Waals surface area contributed by atoms with Crippen LogP contribution in [0.2, 0.25) is 5.02 Å². The van der Waals surface area contributed by atoms with Crippen molar-refractivity contribution in [2.24, 2.45) is 0 Å². The van der Waals surface area contributed by atoms with E-state index in [4.69, 9.17) is 11.6 Å². The minimum absolute atomic E-state index is 0.296. The fourth-order valence-electron chi connectivity index (χ4n) is 2.19. The lowest BCUT2D eigenvalue weighted by atomic mass is 10.0. The van der Waals surface area contributed by atoms with Gasteiger partial charge in [-0.05, 0) is 43.5 Å². The van der Waals surface area contributed by atoms with Gasteiger partial charge in [-0.2, -0.15) is 0 Å². The summed E-state index contributed by atoms with van der Waals surface area (Å²) in [6.45, 7) is 0. The molecule has 1 atom stereocenters. The van der Waals surface area contributed by atoms with Gasteiger partial charge in [-0.3, -0.25) is 0 Å². The molecule has 1 aliphatic rings. The standard InChI is InChI=1S/C14H14ClNOS2/c15-9-4-6-10(7-5-9)18-8-13-16-11-2-1-3-12(17)14(11)19-13/h4-7,12,17H,1-3,8H2. The second kappa shape index (κ2) is 5.83. The van der Waals surface area contributed by atoms with E-state index in [0.717, 1.165) is 45.6 Å². The van der Waals surface area contributed by atoms with E-state index in [1.165, 1.54) is 4.90 Å².